The summed E-state index contributed by atoms with van der Waals surface area (Å²) in [5, 5.41) is 0. The quantitative estimate of drug-likeness (QED) is 0.143. The fourth-order valence-corrected chi connectivity index (χ4v) is 4.93. The molecular formula is C23H35F14NO3. The van der Waals surface area contributed by atoms with Crippen LogP contribution in [0, 0.1) is 5.41 Å². The molecule has 0 bridgehead atoms. The molecule has 0 radical (unpaired) electrons. The third kappa shape index (κ3) is 6.69. The van der Waals surface area contributed by atoms with Gasteiger partial charge in [-0.3, -0.25) is 10.5 Å². The Labute approximate surface area is 228 Å². The standard InChI is InChI=1S/C23H35F14NO3/c1-8-14(7,39-22(33,34)17(38,13-6)41-23(35,36)37)15(9-2,10-3)18(24,25)19(26,21(30,31)32)40-16(11-4,12-5)20(27,28)29/h8-13,38H2,1-7H3. The number of rotatable bonds is 15. The van der Waals surface area contributed by atoms with Crippen LogP contribution in [0.5, 0.6) is 0 Å². The molecule has 3 unspecified atom stereocenters. The van der Waals surface area contributed by atoms with Crippen LogP contribution in [-0.2, 0) is 14.2 Å². The SMILES string of the molecule is CCC(C)(OC(F)(F)C(N)(CC)OC(F)(F)F)C(CC)(CC)C(F)(F)C(F)(OC(CC)(CC)C(F)(F)F)C(F)(F)F. The summed E-state index contributed by atoms with van der Waals surface area (Å²) in [4.78, 5) is 0. The maximum absolute atomic E-state index is 16.2. The van der Waals surface area contributed by atoms with Gasteiger partial charge in [-0.1, -0.05) is 41.5 Å². The minimum absolute atomic E-state index is 0.332. The predicted octanol–water partition coefficient (Wildman–Crippen LogP) is 9.17. The second-order valence-electron chi connectivity index (χ2n) is 9.75. The van der Waals surface area contributed by atoms with Crippen molar-refractivity contribution in [2.45, 2.75) is 141 Å². The lowest BCUT2D eigenvalue weighted by Crippen LogP contribution is -2.73. The monoisotopic (exact) mass is 639 g/mol. The summed E-state index contributed by atoms with van der Waals surface area (Å²) in [6, 6.07) is 0. The van der Waals surface area contributed by atoms with Gasteiger partial charge in [0.1, 0.15) is 0 Å². The number of halogens is 14. The summed E-state index contributed by atoms with van der Waals surface area (Å²) in [5.74, 6) is -12.6. The Morgan fingerprint density at radius 1 is 0.512 bits per heavy atom. The number of alkyl halides is 14. The van der Waals surface area contributed by atoms with Gasteiger partial charge in [0.2, 0.25) is 5.72 Å². The van der Waals surface area contributed by atoms with E-state index in [0.717, 1.165) is 6.92 Å². The smallest absolute Gasteiger partial charge is 0.318 e. The molecule has 0 aliphatic heterocycles. The summed E-state index contributed by atoms with van der Waals surface area (Å²) in [7, 11) is 0. The molecule has 0 aromatic carbocycles. The molecule has 41 heavy (non-hydrogen) atoms. The highest BCUT2D eigenvalue weighted by Gasteiger charge is 2.84. The Hall–Kier alpha value is -1.14. The molecule has 248 valence electrons. The molecule has 3 atom stereocenters. The van der Waals surface area contributed by atoms with Gasteiger partial charge in [-0.05, 0) is 45.4 Å². The average molecular weight is 640 g/mol. The lowest BCUT2D eigenvalue weighted by atomic mass is 9.61. The maximum Gasteiger partial charge on any atom is 0.524 e. The number of hydrogen-bond donors (Lipinski definition) is 1. The molecule has 0 amide bonds. The van der Waals surface area contributed by atoms with Gasteiger partial charge in [0, 0.05) is 0 Å². The molecule has 0 saturated heterocycles. The Balaban J connectivity index is 7.57. The molecule has 0 heterocycles. The van der Waals surface area contributed by atoms with Crippen molar-refractivity contribution in [3.05, 3.63) is 0 Å². The Bertz CT molecular complexity index is 852. The number of hydrogen-bond acceptors (Lipinski definition) is 4. The molecule has 0 rings (SSSR count). The molecule has 18 heteroatoms. The van der Waals surface area contributed by atoms with Crippen LogP contribution in [-0.4, -0.2) is 53.5 Å². The zero-order chi connectivity index (χ0) is 33.4. The zero-order valence-electron chi connectivity index (χ0n) is 23.3. The lowest BCUT2D eigenvalue weighted by Gasteiger charge is -2.56. The van der Waals surface area contributed by atoms with Crippen LogP contribution in [0.1, 0.15) is 87.0 Å². The fourth-order valence-electron chi connectivity index (χ4n) is 4.93. The summed E-state index contributed by atoms with van der Waals surface area (Å²) in [6.45, 7) is 4.36. The van der Waals surface area contributed by atoms with Gasteiger partial charge in [0.25, 0.3) is 0 Å². The van der Waals surface area contributed by atoms with E-state index in [0.29, 0.717) is 41.5 Å². The number of ether oxygens (including phenoxy) is 3. The first-order valence-corrected chi connectivity index (χ1v) is 12.5. The van der Waals surface area contributed by atoms with Gasteiger partial charge < -0.3 is 9.47 Å². The molecule has 0 aromatic rings. The molecular weight excluding hydrogens is 604 g/mol. The van der Waals surface area contributed by atoms with E-state index in [4.69, 9.17) is 5.73 Å². The van der Waals surface area contributed by atoms with E-state index in [1.165, 1.54) is 0 Å². The number of nitrogens with two attached hydrogens (primary N) is 1. The van der Waals surface area contributed by atoms with Crippen molar-refractivity contribution in [2.75, 3.05) is 0 Å². The van der Waals surface area contributed by atoms with E-state index >= 15 is 22.0 Å². The zero-order valence-corrected chi connectivity index (χ0v) is 23.3. The van der Waals surface area contributed by atoms with Gasteiger partial charge in [-0.15, -0.1) is 13.2 Å². The second kappa shape index (κ2) is 12.1. The van der Waals surface area contributed by atoms with Crippen LogP contribution in [0.25, 0.3) is 0 Å². The minimum Gasteiger partial charge on any atom is -0.318 e. The highest BCUT2D eigenvalue weighted by atomic mass is 19.4. The van der Waals surface area contributed by atoms with Crippen molar-refractivity contribution >= 4 is 0 Å². The second-order valence-corrected chi connectivity index (χ2v) is 9.75. The maximum atomic E-state index is 16.2. The topological polar surface area (TPSA) is 53.7 Å². The minimum atomic E-state index is -6.90. The predicted molar refractivity (Wildman–Crippen MR) is 117 cm³/mol. The summed E-state index contributed by atoms with van der Waals surface area (Å²) in [6.07, 6.45) is -32.1. The van der Waals surface area contributed by atoms with E-state index in [9.17, 15) is 39.5 Å². The van der Waals surface area contributed by atoms with Crippen LogP contribution < -0.4 is 5.73 Å². The van der Waals surface area contributed by atoms with Crippen molar-refractivity contribution in [1.82, 2.24) is 0 Å². The highest BCUT2D eigenvalue weighted by molar-refractivity contribution is 5.13. The van der Waals surface area contributed by atoms with Gasteiger partial charge in [-0.2, -0.15) is 48.3 Å². The first-order valence-electron chi connectivity index (χ1n) is 12.5. The van der Waals surface area contributed by atoms with Gasteiger partial charge in [-0.25, -0.2) is 0 Å². The Kier molecular flexibility index (Phi) is 11.8. The van der Waals surface area contributed by atoms with Gasteiger partial charge in [0.15, 0.2) is 5.60 Å². The third-order valence-corrected chi connectivity index (χ3v) is 7.93. The van der Waals surface area contributed by atoms with Crippen LogP contribution in [0.4, 0.5) is 61.5 Å². The average Bonchev–Trinajstić information content (AvgIpc) is 2.80. The van der Waals surface area contributed by atoms with Crippen molar-refractivity contribution in [3.8, 4) is 0 Å². The van der Waals surface area contributed by atoms with Crippen LogP contribution in [0.3, 0.4) is 0 Å². The van der Waals surface area contributed by atoms with E-state index < -0.39 is 97.5 Å². The molecule has 2 N–H and O–H groups in total. The first-order chi connectivity index (χ1) is 18.0. The van der Waals surface area contributed by atoms with E-state index in [2.05, 4.69) is 14.2 Å². The van der Waals surface area contributed by atoms with Gasteiger partial charge in [0.05, 0.1) is 11.0 Å². The van der Waals surface area contributed by atoms with Crippen molar-refractivity contribution in [3.63, 3.8) is 0 Å². The molecule has 0 aromatic heterocycles. The van der Waals surface area contributed by atoms with Crippen LogP contribution >= 0.6 is 0 Å². The van der Waals surface area contributed by atoms with E-state index in [1.807, 2.05) is 0 Å². The molecule has 0 fully saturated rings. The third-order valence-electron chi connectivity index (χ3n) is 7.93. The summed E-state index contributed by atoms with van der Waals surface area (Å²) < 4.78 is 213. The van der Waals surface area contributed by atoms with E-state index in [-0.39, 0.29) is 0 Å². The van der Waals surface area contributed by atoms with Crippen molar-refractivity contribution < 1.29 is 75.7 Å². The van der Waals surface area contributed by atoms with Crippen LogP contribution in [0.15, 0.2) is 0 Å². The normalized spacial score (nSPS) is 19.5. The summed E-state index contributed by atoms with van der Waals surface area (Å²) in [5.41, 5.74) is -10.4. The molecule has 4 nitrogen and oxygen atoms in total. The lowest BCUT2D eigenvalue weighted by molar-refractivity contribution is -0.487. The Morgan fingerprint density at radius 2 is 0.927 bits per heavy atom. The largest absolute Gasteiger partial charge is 0.524 e. The fraction of sp³-hybridized carbons (Fsp3) is 1.00. The van der Waals surface area contributed by atoms with Gasteiger partial charge >= 0.3 is 36.6 Å². The Morgan fingerprint density at radius 3 is 1.17 bits per heavy atom. The molecule has 0 spiro atoms. The van der Waals surface area contributed by atoms with Crippen molar-refractivity contribution in [1.29, 1.82) is 0 Å². The molecule has 0 aliphatic rings. The molecule has 0 aliphatic carbocycles. The first kappa shape index (κ1) is 39.9. The van der Waals surface area contributed by atoms with E-state index in [1.54, 1.807) is 0 Å². The molecule has 0 saturated carbocycles. The summed E-state index contributed by atoms with van der Waals surface area (Å²) >= 11 is 0. The van der Waals surface area contributed by atoms with Crippen molar-refractivity contribution in [2.24, 2.45) is 11.1 Å². The highest BCUT2D eigenvalue weighted by Crippen LogP contribution is 2.64. The van der Waals surface area contributed by atoms with Crippen LogP contribution in [0.2, 0.25) is 0 Å².